The number of thiophene rings is 1. The molecule has 0 spiro atoms. The first kappa shape index (κ1) is 22.6. The molecule has 2 N–H and O–H groups in total. The van der Waals surface area contributed by atoms with Crippen LogP contribution in [0.3, 0.4) is 0 Å². The van der Waals surface area contributed by atoms with E-state index in [1.807, 2.05) is 13.8 Å². The number of nitrogens with zero attached hydrogens (tertiary/aromatic N) is 1. The highest BCUT2D eigenvalue weighted by atomic mass is 35.5. The second-order valence-corrected chi connectivity index (χ2v) is 9.62. The van der Waals surface area contributed by atoms with Gasteiger partial charge in [-0.2, -0.15) is 0 Å². The molecule has 144 valence electrons. The fourth-order valence-corrected chi connectivity index (χ4v) is 4.98. The zero-order chi connectivity index (χ0) is 18.6. The summed E-state index contributed by atoms with van der Waals surface area (Å²) >= 11 is 1.00. The molecule has 2 rings (SSSR count). The van der Waals surface area contributed by atoms with Gasteiger partial charge in [-0.1, -0.05) is 32.0 Å². The zero-order valence-electron chi connectivity index (χ0n) is 15.1. The zero-order valence-corrected chi connectivity index (χ0v) is 17.5. The summed E-state index contributed by atoms with van der Waals surface area (Å²) in [6.45, 7) is 4.63. The Hall–Kier alpha value is -1.41. The van der Waals surface area contributed by atoms with E-state index in [9.17, 15) is 13.2 Å². The van der Waals surface area contributed by atoms with E-state index in [2.05, 4.69) is 0 Å². The molecule has 0 radical (unpaired) electrons. The number of halogens is 1. The number of hydrogen-bond donors (Lipinski definition) is 1. The third-order valence-corrected chi connectivity index (χ3v) is 7.45. The van der Waals surface area contributed by atoms with Gasteiger partial charge in [-0.3, -0.25) is 4.79 Å². The summed E-state index contributed by atoms with van der Waals surface area (Å²) in [6, 6.07) is 11.3. The molecule has 0 aliphatic carbocycles. The van der Waals surface area contributed by atoms with E-state index in [0.717, 1.165) is 11.3 Å². The van der Waals surface area contributed by atoms with Crippen molar-refractivity contribution in [3.63, 3.8) is 0 Å². The third-order valence-electron chi connectivity index (χ3n) is 4.11. The number of nitrogens with two attached hydrogens (primary N) is 1. The Labute approximate surface area is 165 Å². The van der Waals surface area contributed by atoms with Crippen molar-refractivity contribution in [3.05, 3.63) is 47.3 Å². The molecule has 0 bridgehead atoms. The van der Waals surface area contributed by atoms with E-state index in [0.29, 0.717) is 23.8 Å². The second-order valence-electron chi connectivity index (χ2n) is 6.36. The first-order valence-electron chi connectivity index (χ1n) is 8.14. The number of amides is 1. The molecule has 26 heavy (non-hydrogen) atoms. The summed E-state index contributed by atoms with van der Waals surface area (Å²) in [5, 5.41) is 0. The maximum absolute atomic E-state index is 12.6. The van der Waals surface area contributed by atoms with Gasteiger partial charge in [-0.15, -0.1) is 23.7 Å². The molecule has 1 amide bonds. The van der Waals surface area contributed by atoms with Crippen molar-refractivity contribution in [1.82, 2.24) is 4.90 Å². The van der Waals surface area contributed by atoms with Gasteiger partial charge in [0.15, 0.2) is 0 Å². The molecule has 1 unspecified atom stereocenters. The minimum absolute atomic E-state index is 0. The monoisotopic (exact) mass is 416 g/mol. The molecule has 8 heteroatoms. The van der Waals surface area contributed by atoms with Crippen molar-refractivity contribution >= 4 is 39.5 Å². The summed E-state index contributed by atoms with van der Waals surface area (Å²) in [6.07, 6.45) is 0.709. The van der Waals surface area contributed by atoms with E-state index in [1.54, 1.807) is 48.3 Å². The summed E-state index contributed by atoms with van der Waals surface area (Å²) in [7, 11) is -1.88. The van der Waals surface area contributed by atoms with Gasteiger partial charge in [0.05, 0.1) is 9.77 Å². The van der Waals surface area contributed by atoms with E-state index in [4.69, 9.17) is 5.73 Å². The Kier molecular flexibility index (Phi) is 8.27. The molecular weight excluding hydrogens is 392 g/mol. The lowest BCUT2D eigenvalue weighted by atomic mass is 10.0. The van der Waals surface area contributed by atoms with Gasteiger partial charge >= 0.3 is 0 Å². The molecule has 2 aromatic rings. The lowest BCUT2D eigenvalue weighted by Crippen LogP contribution is -2.34. The fraction of sp³-hybridized carbons (Fsp3) is 0.389. The topological polar surface area (TPSA) is 80.5 Å². The molecule has 5 nitrogen and oxygen atoms in total. The molecular formula is C18H25ClN2O3S2. The Morgan fingerprint density at radius 2 is 1.77 bits per heavy atom. The van der Waals surface area contributed by atoms with Crippen molar-refractivity contribution < 1.29 is 13.2 Å². The van der Waals surface area contributed by atoms with Crippen LogP contribution in [-0.4, -0.2) is 38.9 Å². The van der Waals surface area contributed by atoms with E-state index < -0.39 is 9.84 Å². The van der Waals surface area contributed by atoms with Gasteiger partial charge in [0, 0.05) is 19.6 Å². The molecule has 0 fully saturated rings. The first-order valence-corrected chi connectivity index (χ1v) is 10.4. The Balaban J connectivity index is 0.00000338. The van der Waals surface area contributed by atoms with Crippen molar-refractivity contribution in [2.45, 2.75) is 35.4 Å². The molecule has 0 saturated carbocycles. The summed E-state index contributed by atoms with van der Waals surface area (Å²) in [5.74, 6) is 0.170. The van der Waals surface area contributed by atoms with E-state index in [1.165, 1.54) is 6.07 Å². The Morgan fingerprint density at radius 3 is 2.35 bits per heavy atom. The smallest absolute Gasteiger partial charge is 0.263 e. The van der Waals surface area contributed by atoms with Gasteiger partial charge in [0.25, 0.3) is 5.91 Å². The van der Waals surface area contributed by atoms with Crippen molar-refractivity contribution in [2.24, 2.45) is 11.7 Å². The molecule has 1 aromatic heterocycles. The summed E-state index contributed by atoms with van der Waals surface area (Å²) in [4.78, 5) is 14.7. The number of carbonyl (C=O) groups is 1. The van der Waals surface area contributed by atoms with Gasteiger partial charge in [0.2, 0.25) is 9.84 Å². The molecule has 0 aliphatic rings. The van der Waals surface area contributed by atoms with Crippen LogP contribution in [0.1, 0.15) is 29.9 Å². The molecule has 1 heterocycles. The van der Waals surface area contributed by atoms with Crippen molar-refractivity contribution in [1.29, 1.82) is 0 Å². The summed E-state index contributed by atoms with van der Waals surface area (Å²) < 4.78 is 25.4. The normalized spacial score (nSPS) is 12.5. The molecule has 1 aromatic carbocycles. The minimum atomic E-state index is -3.59. The largest absolute Gasteiger partial charge is 0.341 e. The predicted octanol–water partition coefficient (Wildman–Crippen LogP) is 3.45. The highest BCUT2D eigenvalue weighted by molar-refractivity contribution is 7.93. The lowest BCUT2D eigenvalue weighted by Gasteiger charge is -2.21. The van der Waals surface area contributed by atoms with Crippen LogP contribution in [0, 0.1) is 5.92 Å². The van der Waals surface area contributed by atoms with Crippen LogP contribution in [0.5, 0.6) is 0 Å². The minimum Gasteiger partial charge on any atom is -0.341 e. The van der Waals surface area contributed by atoms with Crippen LogP contribution in [0.25, 0.3) is 0 Å². The maximum Gasteiger partial charge on any atom is 0.263 e. The number of benzene rings is 1. The molecule has 0 saturated heterocycles. The quantitative estimate of drug-likeness (QED) is 0.749. The van der Waals surface area contributed by atoms with Gasteiger partial charge < -0.3 is 10.6 Å². The highest BCUT2D eigenvalue weighted by Gasteiger charge is 2.23. The first-order chi connectivity index (χ1) is 11.7. The summed E-state index contributed by atoms with van der Waals surface area (Å²) in [5.41, 5.74) is 6.01. The van der Waals surface area contributed by atoms with Crippen molar-refractivity contribution in [2.75, 3.05) is 13.6 Å². The standard InChI is InChI=1S/C18H24N2O3S2.ClH/c1-13(2)15(19)11-12-20(3)18(21)16-9-10-17(24-16)25(22,23)14-7-5-4-6-8-14;/h4-10,13,15H,11-12,19H2,1-3H3;1H. The predicted molar refractivity (Wildman–Crippen MR) is 108 cm³/mol. The number of carbonyl (C=O) groups excluding carboxylic acids is 1. The van der Waals surface area contributed by atoms with Crippen molar-refractivity contribution in [3.8, 4) is 0 Å². The number of sulfone groups is 1. The van der Waals surface area contributed by atoms with Gasteiger partial charge in [-0.05, 0) is 36.6 Å². The fourth-order valence-electron chi connectivity index (χ4n) is 2.26. The van der Waals surface area contributed by atoms with Crippen LogP contribution in [0.15, 0.2) is 51.6 Å². The molecule has 0 aliphatic heterocycles. The van der Waals surface area contributed by atoms with Crippen LogP contribution >= 0.6 is 23.7 Å². The number of rotatable bonds is 7. The van der Waals surface area contributed by atoms with Crippen LogP contribution in [0.2, 0.25) is 0 Å². The Morgan fingerprint density at radius 1 is 1.15 bits per heavy atom. The van der Waals surface area contributed by atoms with Crippen LogP contribution < -0.4 is 5.73 Å². The van der Waals surface area contributed by atoms with Gasteiger partial charge in [-0.25, -0.2) is 8.42 Å². The van der Waals surface area contributed by atoms with Crippen LogP contribution in [-0.2, 0) is 9.84 Å². The SMILES string of the molecule is CC(C)C(N)CCN(C)C(=O)c1ccc(S(=O)(=O)c2ccccc2)s1.Cl. The Bertz CT molecular complexity index is 820. The average molecular weight is 417 g/mol. The second kappa shape index (κ2) is 9.50. The van der Waals surface area contributed by atoms with Crippen LogP contribution in [0.4, 0.5) is 0 Å². The lowest BCUT2D eigenvalue weighted by molar-refractivity contribution is 0.0794. The molecule has 1 atom stereocenters. The highest BCUT2D eigenvalue weighted by Crippen LogP contribution is 2.28. The van der Waals surface area contributed by atoms with E-state index >= 15 is 0 Å². The average Bonchev–Trinajstić information content (AvgIpc) is 3.10. The third kappa shape index (κ3) is 5.30. The number of hydrogen-bond acceptors (Lipinski definition) is 5. The van der Waals surface area contributed by atoms with Gasteiger partial charge in [0.1, 0.15) is 4.21 Å². The maximum atomic E-state index is 12.6. The van der Waals surface area contributed by atoms with E-state index in [-0.39, 0.29) is 33.5 Å².